The molecule has 1 aromatic rings. The third-order valence-corrected chi connectivity index (χ3v) is 3.00. The molecule has 2 heterocycles. The topological polar surface area (TPSA) is 123 Å². The number of primary amides is 1. The van der Waals surface area contributed by atoms with E-state index in [9.17, 15) is 9.90 Å². The average molecular weight is 254 g/mol. The van der Waals surface area contributed by atoms with E-state index in [1.54, 1.807) is 22.9 Å². The van der Waals surface area contributed by atoms with Crippen molar-refractivity contribution in [3.05, 3.63) is 30.1 Å². The van der Waals surface area contributed by atoms with Gasteiger partial charge in [-0.2, -0.15) is 4.57 Å². The molecule has 4 atom stereocenters. The predicted molar refractivity (Wildman–Crippen MR) is 60.1 cm³/mol. The maximum absolute atomic E-state index is 11.1. The van der Waals surface area contributed by atoms with Gasteiger partial charge in [-0.25, -0.2) is 0 Å². The van der Waals surface area contributed by atoms with Gasteiger partial charge in [-0.15, -0.1) is 0 Å². The minimum Gasteiger partial charge on any atom is -0.394 e. The fourth-order valence-electron chi connectivity index (χ4n) is 1.98. The summed E-state index contributed by atoms with van der Waals surface area (Å²) in [5.74, 6) is -0.560. The Hall–Kier alpha value is -1.54. The van der Waals surface area contributed by atoms with Crippen LogP contribution in [-0.2, 0) is 4.74 Å². The van der Waals surface area contributed by atoms with Gasteiger partial charge in [-0.3, -0.25) is 4.79 Å². The standard InChI is InChI=1S/C11H15N3O4/c12-8-9(16)7(5-15)18-11(8)14-3-1-2-6(4-14)10(13)17/h1-4,7-9,11,15-16H,5,12H2,(H-,13,17)/p+1/t7-,8+,9-,11-/m1/s1. The number of nitrogens with zero attached hydrogens (tertiary/aromatic N) is 1. The summed E-state index contributed by atoms with van der Waals surface area (Å²) in [5, 5.41) is 18.8. The van der Waals surface area contributed by atoms with Crippen molar-refractivity contribution in [2.75, 3.05) is 6.61 Å². The van der Waals surface area contributed by atoms with Crippen LogP contribution in [0.2, 0.25) is 0 Å². The molecule has 98 valence electrons. The lowest BCUT2D eigenvalue weighted by atomic mass is 10.1. The van der Waals surface area contributed by atoms with Gasteiger partial charge in [0.1, 0.15) is 23.8 Å². The molecule has 0 radical (unpaired) electrons. The number of aromatic nitrogens is 1. The summed E-state index contributed by atoms with van der Waals surface area (Å²) in [7, 11) is 0. The van der Waals surface area contributed by atoms with Crippen LogP contribution in [0.1, 0.15) is 16.6 Å². The van der Waals surface area contributed by atoms with Crippen molar-refractivity contribution in [3.63, 3.8) is 0 Å². The SMILES string of the molecule is NC(=O)c1ccc[n+]([C@@H]2O[C@H](CO)[C@@H](O)[C@@H]2N)c1. The second-order valence-corrected chi connectivity index (χ2v) is 4.22. The van der Waals surface area contributed by atoms with Gasteiger partial charge >= 0.3 is 0 Å². The molecule has 1 aliphatic heterocycles. The van der Waals surface area contributed by atoms with Crippen molar-refractivity contribution in [3.8, 4) is 0 Å². The van der Waals surface area contributed by atoms with Crippen molar-refractivity contribution in [2.24, 2.45) is 11.5 Å². The first-order valence-electron chi connectivity index (χ1n) is 5.55. The Labute approximate surface area is 104 Å². The van der Waals surface area contributed by atoms with Crippen molar-refractivity contribution >= 4 is 5.91 Å². The maximum Gasteiger partial charge on any atom is 0.280 e. The summed E-state index contributed by atoms with van der Waals surface area (Å²) in [6.45, 7) is -0.318. The van der Waals surface area contributed by atoms with E-state index in [-0.39, 0.29) is 6.61 Å². The zero-order chi connectivity index (χ0) is 13.3. The molecule has 0 saturated carbocycles. The molecule has 0 unspecified atom stereocenters. The van der Waals surface area contributed by atoms with E-state index in [1.165, 1.54) is 6.20 Å². The Morgan fingerprint density at radius 3 is 2.83 bits per heavy atom. The van der Waals surface area contributed by atoms with Gasteiger partial charge < -0.3 is 26.4 Å². The summed E-state index contributed by atoms with van der Waals surface area (Å²) in [6, 6.07) is 2.52. The van der Waals surface area contributed by atoms with Crippen LogP contribution in [0.3, 0.4) is 0 Å². The summed E-state index contributed by atoms with van der Waals surface area (Å²) in [4.78, 5) is 11.1. The Morgan fingerprint density at radius 2 is 2.28 bits per heavy atom. The van der Waals surface area contributed by atoms with Crippen molar-refractivity contribution in [1.82, 2.24) is 0 Å². The molecule has 7 nitrogen and oxygen atoms in total. The minimum absolute atomic E-state index is 0.315. The van der Waals surface area contributed by atoms with Gasteiger partial charge in [0.05, 0.1) is 6.61 Å². The molecule has 6 N–H and O–H groups in total. The van der Waals surface area contributed by atoms with Crippen LogP contribution in [-0.4, -0.2) is 41.0 Å². The number of carbonyl (C=O) groups excluding carboxylic acids is 1. The van der Waals surface area contributed by atoms with Gasteiger partial charge in [0.25, 0.3) is 12.1 Å². The van der Waals surface area contributed by atoms with Crippen LogP contribution in [0.5, 0.6) is 0 Å². The number of nitrogens with two attached hydrogens (primary N) is 2. The highest BCUT2D eigenvalue weighted by atomic mass is 16.5. The highest BCUT2D eigenvalue weighted by Crippen LogP contribution is 2.23. The molecule has 0 aromatic carbocycles. The first kappa shape index (κ1) is 12.9. The van der Waals surface area contributed by atoms with E-state index in [0.29, 0.717) is 5.56 Å². The van der Waals surface area contributed by atoms with Gasteiger partial charge in [-0.05, 0) is 6.07 Å². The highest BCUT2D eigenvalue weighted by molar-refractivity contribution is 5.92. The van der Waals surface area contributed by atoms with Gasteiger partial charge in [0.2, 0.25) is 0 Å². The Balaban J connectivity index is 2.27. The fraction of sp³-hybridized carbons (Fsp3) is 0.455. The molecule has 18 heavy (non-hydrogen) atoms. The second kappa shape index (κ2) is 4.99. The molecule has 1 fully saturated rings. The second-order valence-electron chi connectivity index (χ2n) is 4.22. The third kappa shape index (κ3) is 2.21. The zero-order valence-electron chi connectivity index (χ0n) is 9.64. The third-order valence-electron chi connectivity index (χ3n) is 3.00. The molecule has 1 aromatic heterocycles. The van der Waals surface area contributed by atoms with Crippen molar-refractivity contribution in [2.45, 2.75) is 24.5 Å². The molecule has 1 saturated heterocycles. The summed E-state index contributed by atoms with van der Waals surface area (Å²) >= 11 is 0. The van der Waals surface area contributed by atoms with Crippen LogP contribution in [0.4, 0.5) is 0 Å². The van der Waals surface area contributed by atoms with Crippen LogP contribution < -0.4 is 16.0 Å². The number of hydrogen-bond acceptors (Lipinski definition) is 5. The molecule has 0 spiro atoms. The smallest absolute Gasteiger partial charge is 0.280 e. The lowest BCUT2D eigenvalue weighted by Gasteiger charge is -2.10. The van der Waals surface area contributed by atoms with Crippen LogP contribution in [0.15, 0.2) is 24.5 Å². The maximum atomic E-state index is 11.1. The van der Waals surface area contributed by atoms with Gasteiger partial charge in [0.15, 0.2) is 12.4 Å². The summed E-state index contributed by atoms with van der Waals surface area (Å²) in [6.07, 6.45) is 0.832. The van der Waals surface area contributed by atoms with Crippen LogP contribution >= 0.6 is 0 Å². The van der Waals surface area contributed by atoms with Crippen molar-refractivity contribution in [1.29, 1.82) is 0 Å². The van der Waals surface area contributed by atoms with E-state index in [2.05, 4.69) is 0 Å². The predicted octanol–water partition coefficient (Wildman–Crippen LogP) is -2.35. The molecule has 0 aliphatic carbocycles. The Bertz CT molecular complexity index is 454. The van der Waals surface area contributed by atoms with Crippen LogP contribution in [0, 0.1) is 0 Å². The van der Waals surface area contributed by atoms with E-state index >= 15 is 0 Å². The molecule has 0 bridgehead atoms. The number of rotatable bonds is 3. The number of aliphatic hydroxyl groups excluding tert-OH is 2. The molecule has 1 aliphatic rings. The highest BCUT2D eigenvalue weighted by Gasteiger charge is 2.46. The number of hydrogen-bond donors (Lipinski definition) is 4. The summed E-state index contributed by atoms with van der Waals surface area (Å²) < 4.78 is 7.00. The number of ether oxygens (including phenoxy) is 1. The minimum atomic E-state index is -0.954. The lowest BCUT2D eigenvalue weighted by Crippen LogP contribution is -2.50. The molecular weight excluding hydrogens is 238 g/mol. The van der Waals surface area contributed by atoms with Gasteiger partial charge in [0, 0.05) is 6.07 Å². The number of pyridine rings is 1. The monoisotopic (exact) mass is 254 g/mol. The number of carbonyl (C=O) groups is 1. The van der Waals surface area contributed by atoms with E-state index in [1.807, 2.05) is 0 Å². The number of amides is 1. The quantitative estimate of drug-likeness (QED) is 0.450. The fourth-order valence-corrected chi connectivity index (χ4v) is 1.98. The Kier molecular flexibility index (Phi) is 3.58. The van der Waals surface area contributed by atoms with Gasteiger partial charge in [-0.1, -0.05) is 0 Å². The first-order valence-corrected chi connectivity index (χ1v) is 5.55. The van der Waals surface area contributed by atoms with E-state index in [4.69, 9.17) is 21.3 Å². The number of aliphatic hydroxyl groups is 2. The Morgan fingerprint density at radius 1 is 1.56 bits per heavy atom. The lowest BCUT2D eigenvalue weighted by molar-refractivity contribution is -0.761. The molecular formula is C11H16N3O4+. The average Bonchev–Trinajstić information content (AvgIpc) is 2.66. The molecule has 7 heteroatoms. The van der Waals surface area contributed by atoms with E-state index < -0.39 is 30.4 Å². The zero-order valence-corrected chi connectivity index (χ0v) is 9.64. The van der Waals surface area contributed by atoms with Crippen molar-refractivity contribution < 1.29 is 24.3 Å². The molecule has 1 amide bonds. The molecule has 2 rings (SSSR count). The normalized spacial score (nSPS) is 31.5. The van der Waals surface area contributed by atoms with Crippen LogP contribution in [0.25, 0.3) is 0 Å². The first-order chi connectivity index (χ1) is 8.54. The van der Waals surface area contributed by atoms with E-state index in [0.717, 1.165) is 0 Å². The summed E-state index contributed by atoms with van der Waals surface area (Å²) in [5.41, 5.74) is 11.3. The largest absolute Gasteiger partial charge is 0.394 e.